The lowest BCUT2D eigenvalue weighted by Crippen LogP contribution is -2.55. The summed E-state index contributed by atoms with van der Waals surface area (Å²) in [6.07, 6.45) is 1.57. The highest BCUT2D eigenvalue weighted by atomic mass is 16.2. The number of hydrogen-bond donors (Lipinski definition) is 0. The van der Waals surface area contributed by atoms with Crippen LogP contribution in [0.15, 0.2) is 0 Å². The number of hydrogen-bond acceptors (Lipinski definition) is 3. The Morgan fingerprint density at radius 1 is 0.923 bits per heavy atom. The van der Waals surface area contributed by atoms with Gasteiger partial charge in [-0.1, -0.05) is 0 Å². The van der Waals surface area contributed by atoms with E-state index in [1.165, 1.54) is 0 Å². The average molecular weight is 177 g/mol. The van der Waals surface area contributed by atoms with Crippen molar-refractivity contribution in [2.24, 2.45) is 17.8 Å². The van der Waals surface area contributed by atoms with Gasteiger partial charge >= 0.3 is 0 Å². The maximum Gasteiger partial charge on any atom is 0.153 e. The largest absolute Gasteiger partial charge is 0.299 e. The molecule has 0 aromatic heterocycles. The first-order valence-corrected chi connectivity index (χ1v) is 4.65. The fourth-order valence-corrected chi connectivity index (χ4v) is 2.88. The molecular weight excluding hydrogens is 168 g/mol. The van der Waals surface area contributed by atoms with Crippen molar-refractivity contribution < 1.29 is 14.4 Å². The van der Waals surface area contributed by atoms with Gasteiger partial charge in [0.05, 0.1) is 11.8 Å². The summed E-state index contributed by atoms with van der Waals surface area (Å²) in [5.41, 5.74) is 0. The van der Waals surface area contributed by atoms with Crippen molar-refractivity contribution in [1.29, 1.82) is 0 Å². The summed E-state index contributed by atoms with van der Waals surface area (Å²) in [4.78, 5) is 34.6. The maximum absolute atomic E-state index is 11.5. The van der Waals surface area contributed by atoms with E-state index in [2.05, 4.69) is 0 Å². The van der Waals surface area contributed by atoms with Gasteiger partial charge in [-0.15, -0.1) is 0 Å². The highest BCUT2D eigenvalue weighted by Gasteiger charge is 2.57. The summed E-state index contributed by atoms with van der Waals surface area (Å²) in [6, 6.07) is 0. The van der Waals surface area contributed by atoms with Crippen molar-refractivity contribution in [3.8, 4) is 0 Å². The van der Waals surface area contributed by atoms with Crippen LogP contribution in [0.2, 0.25) is 0 Å². The minimum atomic E-state index is -0.440. The summed E-state index contributed by atoms with van der Waals surface area (Å²) in [5, 5.41) is 0. The lowest BCUT2D eigenvalue weighted by atomic mass is 9.54. The fraction of sp³-hybridized carbons (Fsp3) is 0.600. The third kappa shape index (κ3) is 0.729. The molecule has 4 aliphatic rings. The number of Topliss-reactive ketones (excluding diaryl/α,β-unsaturated/α-hetero) is 3. The molecule has 1 radical (unpaired) electrons. The molecule has 4 fully saturated rings. The topological polar surface area (TPSA) is 51.2 Å². The zero-order valence-corrected chi connectivity index (χ0v) is 7.08. The monoisotopic (exact) mass is 177 g/mol. The Kier molecular flexibility index (Phi) is 1.19. The number of carbonyl (C=O) groups is 3. The van der Waals surface area contributed by atoms with E-state index >= 15 is 0 Å². The second-order valence-electron chi connectivity index (χ2n) is 4.22. The first kappa shape index (κ1) is 7.42. The molecule has 0 saturated heterocycles. The van der Waals surface area contributed by atoms with E-state index < -0.39 is 11.8 Å². The van der Waals surface area contributed by atoms with Gasteiger partial charge in [0.1, 0.15) is 5.78 Å². The number of carbonyl (C=O) groups excluding carboxylic acids is 3. The molecule has 4 bridgehead atoms. The zero-order valence-electron chi connectivity index (χ0n) is 7.08. The smallest absolute Gasteiger partial charge is 0.153 e. The number of ketones is 3. The third-order valence-corrected chi connectivity index (χ3v) is 3.56. The van der Waals surface area contributed by atoms with E-state index in [0.29, 0.717) is 19.3 Å². The van der Waals surface area contributed by atoms with Crippen molar-refractivity contribution in [1.82, 2.24) is 0 Å². The predicted molar refractivity (Wildman–Crippen MR) is 42.6 cm³/mol. The average Bonchev–Trinajstić information content (AvgIpc) is 2.10. The molecule has 3 heteroatoms. The molecule has 0 aliphatic heterocycles. The summed E-state index contributed by atoms with van der Waals surface area (Å²) in [6.45, 7) is 0. The molecule has 4 aliphatic carbocycles. The fourth-order valence-electron chi connectivity index (χ4n) is 2.88. The quantitative estimate of drug-likeness (QED) is 0.501. The highest BCUT2D eigenvalue weighted by molar-refractivity contribution is 6.22. The van der Waals surface area contributed by atoms with Crippen LogP contribution in [0, 0.1) is 23.7 Å². The Hall–Kier alpha value is -0.990. The van der Waals surface area contributed by atoms with E-state index in [1.54, 1.807) is 0 Å². The van der Waals surface area contributed by atoms with Crippen LogP contribution in [0.25, 0.3) is 0 Å². The molecule has 0 aromatic rings. The predicted octanol–water partition coefficient (Wildman–Crippen LogP) is 0.328. The summed E-state index contributed by atoms with van der Waals surface area (Å²) >= 11 is 0. The first-order valence-electron chi connectivity index (χ1n) is 4.65. The van der Waals surface area contributed by atoms with Crippen LogP contribution < -0.4 is 0 Å². The summed E-state index contributed by atoms with van der Waals surface area (Å²) < 4.78 is 0. The van der Waals surface area contributed by atoms with Gasteiger partial charge in [-0.2, -0.15) is 0 Å². The van der Waals surface area contributed by atoms with Gasteiger partial charge in [-0.05, 0) is 19.3 Å². The van der Waals surface area contributed by atoms with Gasteiger partial charge in [0.25, 0.3) is 0 Å². The van der Waals surface area contributed by atoms with Gasteiger partial charge in [-0.25, -0.2) is 0 Å². The minimum Gasteiger partial charge on any atom is -0.299 e. The molecule has 3 atom stereocenters. The first-order chi connectivity index (χ1) is 6.18. The highest BCUT2D eigenvalue weighted by Crippen LogP contribution is 2.49. The zero-order chi connectivity index (χ0) is 9.16. The van der Waals surface area contributed by atoms with E-state index in [9.17, 15) is 14.4 Å². The third-order valence-electron chi connectivity index (χ3n) is 3.56. The van der Waals surface area contributed by atoms with Crippen molar-refractivity contribution in [2.45, 2.75) is 19.3 Å². The lowest BCUT2D eigenvalue weighted by Gasteiger charge is -2.45. The Labute approximate surface area is 75.5 Å². The van der Waals surface area contributed by atoms with E-state index in [1.807, 2.05) is 0 Å². The molecule has 0 aromatic carbocycles. The van der Waals surface area contributed by atoms with Crippen molar-refractivity contribution in [3.05, 3.63) is 5.92 Å². The Bertz CT molecular complexity index is 301. The molecule has 4 rings (SSSR count). The van der Waals surface area contributed by atoms with Crippen LogP contribution in [-0.2, 0) is 14.4 Å². The van der Waals surface area contributed by atoms with Crippen molar-refractivity contribution in [2.75, 3.05) is 0 Å². The molecule has 67 valence electrons. The second kappa shape index (κ2) is 2.08. The van der Waals surface area contributed by atoms with E-state index in [0.717, 1.165) is 5.92 Å². The van der Waals surface area contributed by atoms with E-state index in [-0.39, 0.29) is 23.3 Å². The molecule has 3 nitrogen and oxygen atoms in total. The Morgan fingerprint density at radius 3 is 2.46 bits per heavy atom. The molecular formula is C10H9O3. The summed E-state index contributed by atoms with van der Waals surface area (Å²) in [5.74, 6) is -0.00722. The molecule has 0 amide bonds. The van der Waals surface area contributed by atoms with Crippen molar-refractivity contribution in [3.63, 3.8) is 0 Å². The van der Waals surface area contributed by atoms with Gasteiger partial charge in [0.2, 0.25) is 0 Å². The maximum atomic E-state index is 11.5. The molecule has 0 spiro atoms. The van der Waals surface area contributed by atoms with Gasteiger partial charge in [-0.3, -0.25) is 14.4 Å². The van der Waals surface area contributed by atoms with Crippen LogP contribution >= 0.6 is 0 Å². The van der Waals surface area contributed by atoms with Gasteiger partial charge < -0.3 is 0 Å². The summed E-state index contributed by atoms with van der Waals surface area (Å²) in [7, 11) is 0. The van der Waals surface area contributed by atoms with E-state index in [4.69, 9.17) is 0 Å². The number of rotatable bonds is 0. The molecule has 0 N–H and O–H groups in total. The lowest BCUT2D eigenvalue weighted by molar-refractivity contribution is -0.152. The molecule has 3 unspecified atom stereocenters. The standard InChI is InChI=1S/C10H9O3/c11-8-4-1-5-3-7(8)10(13)6(2-4)9(5)12/h4,6-7H,1-3H2. The molecule has 0 heterocycles. The Morgan fingerprint density at radius 2 is 1.69 bits per heavy atom. The van der Waals surface area contributed by atoms with Crippen LogP contribution in [0.4, 0.5) is 0 Å². The van der Waals surface area contributed by atoms with Crippen LogP contribution in [0.5, 0.6) is 0 Å². The normalized spacial score (nSPS) is 43.4. The second-order valence-corrected chi connectivity index (χ2v) is 4.22. The van der Waals surface area contributed by atoms with Crippen LogP contribution in [0.3, 0.4) is 0 Å². The van der Waals surface area contributed by atoms with Gasteiger partial charge in [0, 0.05) is 11.8 Å². The van der Waals surface area contributed by atoms with Crippen LogP contribution in [0.1, 0.15) is 19.3 Å². The SMILES string of the molecule is O=C1[C]2CC3CC1C(=O)C(C2)C3=O. The van der Waals surface area contributed by atoms with Crippen LogP contribution in [-0.4, -0.2) is 17.3 Å². The Balaban J connectivity index is 2.08. The molecule has 13 heavy (non-hydrogen) atoms. The van der Waals surface area contributed by atoms with Crippen molar-refractivity contribution >= 4 is 17.3 Å². The van der Waals surface area contributed by atoms with Gasteiger partial charge in [0.15, 0.2) is 11.6 Å². The molecule has 4 saturated carbocycles. The minimum absolute atomic E-state index is 0.00542.